The zero-order valence-electron chi connectivity index (χ0n) is 16.7. The molecule has 0 saturated heterocycles. The lowest BCUT2D eigenvalue weighted by Gasteiger charge is -2.06. The van der Waals surface area contributed by atoms with Crippen LogP contribution in [0.15, 0.2) is 88.2 Å². The molecule has 0 spiro atoms. The number of benzene rings is 3. The number of para-hydroxylation sites is 1. The maximum atomic E-state index is 13.7. The first-order valence-corrected chi connectivity index (χ1v) is 10.1. The van der Waals surface area contributed by atoms with Crippen LogP contribution in [0.5, 0.6) is 0 Å². The smallest absolute Gasteiger partial charge is 0.269 e. The lowest BCUT2D eigenvalue weighted by atomic mass is 10.1. The van der Waals surface area contributed by atoms with Gasteiger partial charge in [-0.05, 0) is 42.5 Å². The van der Waals surface area contributed by atoms with E-state index in [0.29, 0.717) is 16.8 Å². The van der Waals surface area contributed by atoms with Crippen molar-refractivity contribution in [1.82, 2.24) is 9.78 Å². The number of rotatable bonds is 4. The molecule has 3 aromatic carbocycles. The highest BCUT2D eigenvalue weighted by Crippen LogP contribution is 2.37. The van der Waals surface area contributed by atoms with Crippen LogP contribution >= 0.6 is 11.6 Å². The molecule has 9 heteroatoms. The molecule has 2 heterocycles. The van der Waals surface area contributed by atoms with E-state index >= 15 is 0 Å². The molecule has 162 valence electrons. The number of nitrogens with zero attached hydrogens (tertiary/aromatic N) is 3. The number of hydrogen-bond acceptors (Lipinski definition) is 5. The summed E-state index contributed by atoms with van der Waals surface area (Å²) in [4.78, 5) is 23.4. The Bertz CT molecular complexity index is 1580. The zero-order valence-corrected chi connectivity index (χ0v) is 17.5. The maximum absolute atomic E-state index is 13.7. The monoisotopic (exact) mass is 461 g/mol. The molecule has 0 amide bonds. The van der Waals surface area contributed by atoms with Gasteiger partial charge in [0.05, 0.1) is 21.6 Å². The highest BCUT2D eigenvalue weighted by atomic mass is 35.5. The molecular weight excluding hydrogens is 449 g/mol. The molecule has 0 N–H and O–H groups in total. The molecule has 5 aromatic rings. The number of nitro groups is 1. The van der Waals surface area contributed by atoms with Crippen LogP contribution in [-0.2, 0) is 0 Å². The van der Waals surface area contributed by atoms with E-state index in [2.05, 4.69) is 5.10 Å². The minimum absolute atomic E-state index is 0.0242. The standard InChI is InChI=1S/C24H13ClFN3O4/c25-21-23(30)18-12-15(26)8-11-20(18)33-24(21)19-13-28(16-4-2-1-3-5-16)27-22(19)14-6-9-17(10-7-14)29(31)32/h1-13H. The van der Waals surface area contributed by atoms with Crippen LogP contribution in [0.1, 0.15) is 0 Å². The highest BCUT2D eigenvalue weighted by molar-refractivity contribution is 6.33. The molecule has 0 aliphatic rings. The largest absolute Gasteiger partial charge is 0.454 e. The van der Waals surface area contributed by atoms with Gasteiger partial charge in [0.15, 0.2) is 5.76 Å². The molecule has 0 bridgehead atoms. The molecular formula is C24H13ClFN3O4. The highest BCUT2D eigenvalue weighted by Gasteiger charge is 2.22. The fourth-order valence-corrected chi connectivity index (χ4v) is 3.77. The Balaban J connectivity index is 1.77. The van der Waals surface area contributed by atoms with E-state index in [1.54, 1.807) is 23.0 Å². The van der Waals surface area contributed by atoms with Gasteiger partial charge in [0, 0.05) is 23.9 Å². The fourth-order valence-electron chi connectivity index (χ4n) is 3.53. The molecule has 0 aliphatic carbocycles. The Morgan fingerprint density at radius 3 is 2.45 bits per heavy atom. The lowest BCUT2D eigenvalue weighted by Crippen LogP contribution is -2.04. The second-order valence-electron chi connectivity index (χ2n) is 7.19. The van der Waals surface area contributed by atoms with Gasteiger partial charge < -0.3 is 4.42 Å². The van der Waals surface area contributed by atoms with Crippen LogP contribution in [0.3, 0.4) is 0 Å². The van der Waals surface area contributed by atoms with E-state index in [0.717, 1.165) is 11.8 Å². The van der Waals surface area contributed by atoms with E-state index in [4.69, 9.17) is 16.0 Å². The Kier molecular flexibility index (Phi) is 4.99. The molecule has 5 rings (SSSR count). The first kappa shape index (κ1) is 20.6. The van der Waals surface area contributed by atoms with Crippen LogP contribution in [0.2, 0.25) is 5.02 Å². The number of hydrogen-bond donors (Lipinski definition) is 0. The van der Waals surface area contributed by atoms with Crippen molar-refractivity contribution in [3.63, 3.8) is 0 Å². The Hall–Kier alpha value is -4.30. The summed E-state index contributed by atoms with van der Waals surface area (Å²) in [5.41, 5.74) is 1.63. The van der Waals surface area contributed by atoms with Crippen molar-refractivity contribution in [2.45, 2.75) is 0 Å². The minimum atomic E-state index is -0.581. The minimum Gasteiger partial charge on any atom is -0.454 e. The van der Waals surface area contributed by atoms with Crippen molar-refractivity contribution in [2.75, 3.05) is 0 Å². The van der Waals surface area contributed by atoms with E-state index in [-0.39, 0.29) is 27.4 Å². The van der Waals surface area contributed by atoms with Gasteiger partial charge in [-0.2, -0.15) is 5.10 Å². The summed E-state index contributed by atoms with van der Waals surface area (Å²) < 4.78 is 21.2. The molecule has 0 saturated carbocycles. The second-order valence-corrected chi connectivity index (χ2v) is 7.57. The molecule has 0 aliphatic heterocycles. The van der Waals surface area contributed by atoms with Gasteiger partial charge in [0.1, 0.15) is 22.1 Å². The number of aromatic nitrogens is 2. The summed E-state index contributed by atoms with van der Waals surface area (Å²) in [5.74, 6) is -0.515. The number of non-ortho nitro benzene ring substituents is 1. The molecule has 33 heavy (non-hydrogen) atoms. The Morgan fingerprint density at radius 1 is 1.03 bits per heavy atom. The SMILES string of the molecule is O=c1c(Cl)c(-c2cn(-c3ccccc3)nc2-c2ccc([N+](=O)[O-])cc2)oc2ccc(F)cc12. The molecule has 0 radical (unpaired) electrons. The van der Waals surface area contributed by atoms with Crippen molar-refractivity contribution in [1.29, 1.82) is 0 Å². The second kappa shape index (κ2) is 7.99. The number of fused-ring (bicyclic) bond motifs is 1. The summed E-state index contributed by atoms with van der Waals surface area (Å²) in [6.07, 6.45) is 1.66. The Morgan fingerprint density at radius 2 is 1.76 bits per heavy atom. The first-order valence-electron chi connectivity index (χ1n) is 9.74. The van der Waals surface area contributed by atoms with Crippen LogP contribution in [-0.4, -0.2) is 14.7 Å². The van der Waals surface area contributed by atoms with Crippen LogP contribution in [0, 0.1) is 15.9 Å². The van der Waals surface area contributed by atoms with Crippen molar-refractivity contribution in [2.24, 2.45) is 0 Å². The van der Waals surface area contributed by atoms with Crippen LogP contribution in [0.25, 0.3) is 39.2 Å². The summed E-state index contributed by atoms with van der Waals surface area (Å²) >= 11 is 6.39. The first-order chi connectivity index (χ1) is 15.9. The molecule has 0 atom stereocenters. The summed E-state index contributed by atoms with van der Waals surface area (Å²) in [7, 11) is 0. The summed E-state index contributed by atoms with van der Waals surface area (Å²) in [6.45, 7) is 0. The number of nitro benzene ring substituents is 1. The van der Waals surface area contributed by atoms with Gasteiger partial charge in [0.25, 0.3) is 5.69 Å². The maximum Gasteiger partial charge on any atom is 0.269 e. The van der Waals surface area contributed by atoms with Crippen molar-refractivity contribution in [3.8, 4) is 28.3 Å². The summed E-state index contributed by atoms with van der Waals surface area (Å²) in [5, 5.41) is 15.5. The van der Waals surface area contributed by atoms with E-state index in [1.807, 2.05) is 30.3 Å². The van der Waals surface area contributed by atoms with Gasteiger partial charge in [-0.25, -0.2) is 9.07 Å². The lowest BCUT2D eigenvalue weighted by molar-refractivity contribution is -0.384. The predicted molar refractivity (Wildman–Crippen MR) is 122 cm³/mol. The molecule has 0 fully saturated rings. The van der Waals surface area contributed by atoms with Crippen LogP contribution in [0.4, 0.5) is 10.1 Å². The average molecular weight is 462 g/mol. The average Bonchev–Trinajstić information content (AvgIpc) is 3.27. The normalized spacial score (nSPS) is 11.1. The third kappa shape index (κ3) is 3.66. The third-order valence-electron chi connectivity index (χ3n) is 5.13. The third-order valence-corrected chi connectivity index (χ3v) is 5.47. The fraction of sp³-hybridized carbons (Fsp3) is 0. The number of halogens is 2. The van der Waals surface area contributed by atoms with Crippen LogP contribution < -0.4 is 5.43 Å². The van der Waals surface area contributed by atoms with Gasteiger partial charge in [0.2, 0.25) is 5.43 Å². The summed E-state index contributed by atoms with van der Waals surface area (Å²) in [6, 6.07) is 18.7. The van der Waals surface area contributed by atoms with E-state index in [9.17, 15) is 19.3 Å². The van der Waals surface area contributed by atoms with Crippen molar-refractivity contribution < 1.29 is 13.7 Å². The van der Waals surface area contributed by atoms with E-state index in [1.165, 1.54) is 24.3 Å². The van der Waals surface area contributed by atoms with Gasteiger partial charge >= 0.3 is 0 Å². The Labute approximate surface area is 190 Å². The molecule has 2 aromatic heterocycles. The topological polar surface area (TPSA) is 91.2 Å². The zero-order chi connectivity index (χ0) is 23.1. The molecule has 7 nitrogen and oxygen atoms in total. The van der Waals surface area contributed by atoms with Crippen molar-refractivity contribution in [3.05, 3.63) is 110 Å². The van der Waals surface area contributed by atoms with Gasteiger partial charge in [-0.3, -0.25) is 14.9 Å². The van der Waals surface area contributed by atoms with Gasteiger partial charge in [-0.15, -0.1) is 0 Å². The van der Waals surface area contributed by atoms with Crippen molar-refractivity contribution >= 4 is 28.3 Å². The predicted octanol–water partition coefficient (Wildman–Crippen LogP) is 6.01. The van der Waals surface area contributed by atoms with E-state index < -0.39 is 16.2 Å². The molecule has 0 unspecified atom stereocenters. The quantitative estimate of drug-likeness (QED) is 0.241. The van der Waals surface area contributed by atoms with Gasteiger partial charge in [-0.1, -0.05) is 29.8 Å².